The molecule has 0 saturated carbocycles. The van der Waals surface area contributed by atoms with Crippen LogP contribution in [0.4, 0.5) is 19.1 Å². The maximum Gasteiger partial charge on any atom is 0.434 e. The third-order valence-electron chi connectivity index (χ3n) is 4.25. The number of nitrogens with zero attached hydrogens (tertiary/aromatic N) is 3. The van der Waals surface area contributed by atoms with Gasteiger partial charge in [-0.3, -0.25) is 0 Å². The molecule has 1 aromatic heterocycles. The van der Waals surface area contributed by atoms with Crippen LogP contribution in [0.25, 0.3) is 0 Å². The second-order valence-corrected chi connectivity index (χ2v) is 7.23. The zero-order valence-corrected chi connectivity index (χ0v) is 16.5. The molecule has 6 nitrogen and oxygen atoms in total. The summed E-state index contributed by atoms with van der Waals surface area (Å²) in [6, 6.07) is 6.41. The first-order valence-corrected chi connectivity index (χ1v) is 9.27. The lowest BCUT2D eigenvalue weighted by molar-refractivity contribution is -0.141. The van der Waals surface area contributed by atoms with Crippen molar-refractivity contribution < 1.29 is 27.4 Å². The van der Waals surface area contributed by atoms with Crippen LogP contribution < -0.4 is 4.90 Å². The molecule has 1 aromatic carbocycles. The van der Waals surface area contributed by atoms with Gasteiger partial charge in [0.25, 0.3) is 0 Å². The Morgan fingerprint density at radius 1 is 1.24 bits per heavy atom. The van der Waals surface area contributed by atoms with E-state index in [1.54, 1.807) is 29.2 Å². The second kappa shape index (κ2) is 8.54. The largest absolute Gasteiger partial charge is 0.457 e. The lowest BCUT2D eigenvalue weighted by atomic mass is 10.2. The number of aromatic nitrogens is 2. The topological polar surface area (TPSA) is 64.6 Å². The first-order valence-electron chi connectivity index (χ1n) is 8.89. The predicted octanol–water partition coefficient (Wildman–Crippen LogP) is 4.12. The van der Waals surface area contributed by atoms with Crippen molar-refractivity contribution in [1.82, 2.24) is 9.97 Å². The summed E-state index contributed by atoms with van der Waals surface area (Å²) in [5.41, 5.74) is -1.47. The van der Waals surface area contributed by atoms with E-state index in [1.807, 2.05) is 13.8 Å². The first kappa shape index (κ1) is 21.3. The molecule has 156 valence electrons. The van der Waals surface area contributed by atoms with Crippen molar-refractivity contribution in [2.45, 2.75) is 38.8 Å². The molecule has 2 heterocycles. The van der Waals surface area contributed by atoms with Gasteiger partial charge in [-0.15, -0.1) is 0 Å². The van der Waals surface area contributed by atoms with Crippen LogP contribution in [0.5, 0.6) is 0 Å². The fraction of sp³-hybridized carbons (Fsp3) is 0.421. The summed E-state index contributed by atoms with van der Waals surface area (Å²) in [4.78, 5) is 21.5. The molecule has 29 heavy (non-hydrogen) atoms. The van der Waals surface area contributed by atoms with Gasteiger partial charge in [-0.1, -0.05) is 23.7 Å². The number of carbonyl (C=O) groups excluding carboxylic acids is 1. The molecule has 2 atom stereocenters. The maximum atomic E-state index is 13.6. The number of anilines is 1. The van der Waals surface area contributed by atoms with Gasteiger partial charge < -0.3 is 14.4 Å². The lowest BCUT2D eigenvalue weighted by Gasteiger charge is -2.35. The summed E-state index contributed by atoms with van der Waals surface area (Å²) in [5.74, 6) is -1.25. The second-order valence-electron chi connectivity index (χ2n) is 6.79. The van der Waals surface area contributed by atoms with Crippen molar-refractivity contribution in [2.24, 2.45) is 0 Å². The highest BCUT2D eigenvalue weighted by Crippen LogP contribution is 2.32. The van der Waals surface area contributed by atoms with Gasteiger partial charge in [-0.25, -0.2) is 14.8 Å². The highest BCUT2D eigenvalue weighted by molar-refractivity contribution is 6.30. The normalized spacial score (nSPS) is 19.9. The fourth-order valence-corrected chi connectivity index (χ4v) is 3.16. The Kier molecular flexibility index (Phi) is 6.28. The molecule has 0 N–H and O–H groups in total. The monoisotopic (exact) mass is 429 g/mol. The SMILES string of the molecule is C[C@H]1CN(c2ncc(C(=O)OCc3ccc(Cl)cc3)c(C(F)(F)F)n2)C[C@H](C)O1. The molecule has 1 aliphatic heterocycles. The van der Waals surface area contributed by atoms with Crippen LogP contribution in [0.15, 0.2) is 30.5 Å². The number of hydrogen-bond donors (Lipinski definition) is 0. The molecule has 0 amide bonds. The summed E-state index contributed by atoms with van der Waals surface area (Å²) in [6.45, 7) is 4.13. The minimum atomic E-state index is -4.84. The van der Waals surface area contributed by atoms with Gasteiger partial charge in [0, 0.05) is 24.3 Å². The van der Waals surface area contributed by atoms with E-state index in [1.165, 1.54) is 0 Å². The zero-order chi connectivity index (χ0) is 21.2. The fourth-order valence-electron chi connectivity index (χ4n) is 3.04. The van der Waals surface area contributed by atoms with Crippen molar-refractivity contribution in [3.05, 3.63) is 52.3 Å². The van der Waals surface area contributed by atoms with Crippen LogP contribution in [0.1, 0.15) is 35.5 Å². The molecule has 0 bridgehead atoms. The predicted molar refractivity (Wildman–Crippen MR) is 99.8 cm³/mol. The molecule has 1 saturated heterocycles. The summed E-state index contributed by atoms with van der Waals surface area (Å²) >= 11 is 5.78. The molecular formula is C19H19ClF3N3O3. The van der Waals surface area contributed by atoms with Crippen molar-refractivity contribution in [3.8, 4) is 0 Å². The zero-order valence-electron chi connectivity index (χ0n) is 15.7. The Bertz CT molecular complexity index is 867. The molecule has 0 spiro atoms. The molecule has 1 fully saturated rings. The van der Waals surface area contributed by atoms with Gasteiger partial charge in [0.05, 0.1) is 12.2 Å². The molecule has 0 unspecified atom stereocenters. The average molecular weight is 430 g/mol. The molecule has 10 heteroatoms. The number of ether oxygens (including phenoxy) is 2. The molecular weight excluding hydrogens is 411 g/mol. The van der Waals surface area contributed by atoms with E-state index < -0.39 is 23.4 Å². The van der Waals surface area contributed by atoms with E-state index >= 15 is 0 Å². The smallest absolute Gasteiger partial charge is 0.434 e. The number of benzene rings is 1. The summed E-state index contributed by atoms with van der Waals surface area (Å²) in [7, 11) is 0. The number of morpholine rings is 1. The first-order chi connectivity index (χ1) is 13.6. The Morgan fingerprint density at radius 2 is 1.86 bits per heavy atom. The molecule has 0 aliphatic carbocycles. The molecule has 0 radical (unpaired) electrons. The number of alkyl halides is 3. The summed E-state index contributed by atoms with van der Waals surface area (Å²) in [6.07, 6.45) is -4.34. The Hall–Kier alpha value is -2.39. The molecule has 3 rings (SSSR count). The van der Waals surface area contributed by atoms with Gasteiger partial charge in [0.2, 0.25) is 5.95 Å². The van der Waals surface area contributed by atoms with Crippen molar-refractivity contribution in [1.29, 1.82) is 0 Å². The Balaban J connectivity index is 1.82. The van der Waals surface area contributed by atoms with Crippen LogP contribution in [0.2, 0.25) is 5.02 Å². The van der Waals surface area contributed by atoms with Gasteiger partial charge >= 0.3 is 12.1 Å². The number of rotatable bonds is 4. The van der Waals surface area contributed by atoms with Gasteiger partial charge in [0.1, 0.15) is 12.2 Å². The summed E-state index contributed by atoms with van der Waals surface area (Å²) < 4.78 is 51.3. The van der Waals surface area contributed by atoms with Crippen LogP contribution in [-0.4, -0.2) is 41.2 Å². The number of hydrogen-bond acceptors (Lipinski definition) is 6. The Labute approximate surface area is 170 Å². The van der Waals surface area contributed by atoms with E-state index in [2.05, 4.69) is 9.97 Å². The van der Waals surface area contributed by atoms with Crippen LogP contribution >= 0.6 is 11.6 Å². The third-order valence-corrected chi connectivity index (χ3v) is 4.50. The maximum absolute atomic E-state index is 13.6. The highest BCUT2D eigenvalue weighted by atomic mass is 35.5. The lowest BCUT2D eigenvalue weighted by Crippen LogP contribution is -2.46. The van der Waals surface area contributed by atoms with Crippen molar-refractivity contribution >= 4 is 23.5 Å². The van der Waals surface area contributed by atoms with E-state index in [4.69, 9.17) is 21.1 Å². The quantitative estimate of drug-likeness (QED) is 0.681. The van der Waals surface area contributed by atoms with Crippen molar-refractivity contribution in [2.75, 3.05) is 18.0 Å². The summed E-state index contributed by atoms with van der Waals surface area (Å²) in [5, 5.41) is 0.496. The van der Waals surface area contributed by atoms with Gasteiger partial charge in [0.15, 0.2) is 5.69 Å². The third kappa shape index (κ3) is 5.36. The minimum absolute atomic E-state index is 0.103. The molecule has 2 aromatic rings. The van der Waals surface area contributed by atoms with Crippen LogP contribution in [0.3, 0.4) is 0 Å². The average Bonchev–Trinajstić information content (AvgIpc) is 2.65. The van der Waals surface area contributed by atoms with Crippen molar-refractivity contribution in [3.63, 3.8) is 0 Å². The van der Waals surface area contributed by atoms with Crippen LogP contribution in [0, 0.1) is 0 Å². The van der Waals surface area contributed by atoms with E-state index in [0.717, 1.165) is 6.20 Å². The number of carbonyl (C=O) groups is 1. The highest BCUT2D eigenvalue weighted by Gasteiger charge is 2.39. The van der Waals surface area contributed by atoms with E-state index in [9.17, 15) is 18.0 Å². The van der Waals surface area contributed by atoms with Crippen LogP contribution in [-0.2, 0) is 22.3 Å². The van der Waals surface area contributed by atoms with Gasteiger partial charge in [-0.05, 0) is 31.5 Å². The standard InChI is InChI=1S/C19H19ClF3N3O3/c1-11-8-26(9-12(2)29-11)18-24-7-15(16(25-18)19(21,22)23)17(27)28-10-13-3-5-14(20)6-4-13/h3-7,11-12H,8-10H2,1-2H3/t11-,12-/m0/s1. The number of halogens is 4. The van der Waals surface area contributed by atoms with Gasteiger partial charge in [-0.2, -0.15) is 13.2 Å². The molecule has 1 aliphatic rings. The number of esters is 1. The minimum Gasteiger partial charge on any atom is -0.457 e. The Morgan fingerprint density at radius 3 is 2.45 bits per heavy atom. The van der Waals surface area contributed by atoms with E-state index in [0.29, 0.717) is 23.7 Å². The van der Waals surface area contributed by atoms with E-state index in [-0.39, 0.29) is 24.8 Å².